The molecular weight excluding hydrogens is 394 g/mol. The molecule has 0 saturated heterocycles. The van der Waals surface area contributed by atoms with Gasteiger partial charge in [0.25, 0.3) is 5.91 Å². The van der Waals surface area contributed by atoms with E-state index in [1.54, 1.807) is 18.0 Å². The van der Waals surface area contributed by atoms with E-state index in [0.717, 1.165) is 22.4 Å². The number of para-hydroxylation sites is 1. The van der Waals surface area contributed by atoms with Gasteiger partial charge in [-0.25, -0.2) is 9.48 Å². The quantitative estimate of drug-likeness (QED) is 0.445. The first kappa shape index (κ1) is 22.2. The summed E-state index contributed by atoms with van der Waals surface area (Å²) in [7, 11) is 1.55. The van der Waals surface area contributed by atoms with E-state index in [1.807, 2.05) is 62.4 Å². The zero-order valence-electron chi connectivity index (χ0n) is 18.2. The Morgan fingerprint density at radius 2 is 1.84 bits per heavy atom. The molecule has 0 aliphatic carbocycles. The maximum Gasteiger partial charge on any atom is 0.342 e. The highest BCUT2D eigenvalue weighted by Crippen LogP contribution is 2.26. The number of hydrogen-bond acceptors (Lipinski definition) is 5. The molecule has 1 aromatic heterocycles. The van der Waals surface area contributed by atoms with Crippen LogP contribution in [0.15, 0.2) is 54.7 Å². The van der Waals surface area contributed by atoms with Crippen LogP contribution in [0, 0.1) is 13.8 Å². The third kappa shape index (κ3) is 5.38. The molecule has 3 aromatic rings. The van der Waals surface area contributed by atoms with Crippen molar-refractivity contribution in [2.24, 2.45) is 0 Å². The van der Waals surface area contributed by atoms with Gasteiger partial charge >= 0.3 is 5.97 Å². The topological polar surface area (TPSA) is 82.5 Å². The van der Waals surface area contributed by atoms with Crippen molar-refractivity contribution in [3.05, 3.63) is 71.4 Å². The molecule has 0 unspecified atom stereocenters. The van der Waals surface area contributed by atoms with Gasteiger partial charge in [0.1, 0.15) is 11.3 Å². The molecule has 0 aliphatic heterocycles. The maximum absolute atomic E-state index is 13.0. The smallest absolute Gasteiger partial charge is 0.342 e. The number of esters is 1. The van der Waals surface area contributed by atoms with Crippen molar-refractivity contribution in [2.45, 2.75) is 26.9 Å². The normalized spacial score (nSPS) is 11.7. The Morgan fingerprint density at radius 3 is 2.52 bits per heavy atom. The van der Waals surface area contributed by atoms with E-state index in [0.29, 0.717) is 24.4 Å². The van der Waals surface area contributed by atoms with Crippen LogP contribution in [-0.4, -0.2) is 48.0 Å². The van der Waals surface area contributed by atoms with E-state index >= 15 is 0 Å². The summed E-state index contributed by atoms with van der Waals surface area (Å²) in [5, 5.41) is 7.32. The van der Waals surface area contributed by atoms with Gasteiger partial charge < -0.3 is 14.8 Å². The molecule has 162 valence electrons. The molecule has 0 spiro atoms. The van der Waals surface area contributed by atoms with E-state index in [1.165, 1.54) is 6.92 Å². The van der Waals surface area contributed by atoms with Gasteiger partial charge in [-0.05, 0) is 50.1 Å². The molecule has 0 fully saturated rings. The molecule has 0 radical (unpaired) electrons. The standard InChI is InChI=1S/C24H27N3O4/c1-16-10-11-19(14-17(16)2)22-21(15-27(26-22)20-8-6-5-7-9-20)24(29)31-18(3)23(28)25-12-13-30-4/h5-11,14-15,18H,12-13H2,1-4H3,(H,25,28)/t18-/m1/s1. The van der Waals surface area contributed by atoms with Crippen molar-refractivity contribution in [1.29, 1.82) is 0 Å². The molecule has 7 heteroatoms. The first-order chi connectivity index (χ1) is 14.9. The summed E-state index contributed by atoms with van der Waals surface area (Å²) in [4.78, 5) is 25.2. The fraction of sp³-hybridized carbons (Fsp3) is 0.292. The number of amides is 1. The van der Waals surface area contributed by atoms with Crippen LogP contribution in [-0.2, 0) is 14.3 Å². The zero-order valence-corrected chi connectivity index (χ0v) is 18.2. The largest absolute Gasteiger partial charge is 0.449 e. The van der Waals surface area contributed by atoms with E-state index in [2.05, 4.69) is 10.4 Å². The monoisotopic (exact) mass is 421 g/mol. The van der Waals surface area contributed by atoms with Crippen molar-refractivity contribution < 1.29 is 19.1 Å². The Morgan fingerprint density at radius 1 is 1.10 bits per heavy atom. The average molecular weight is 421 g/mol. The maximum atomic E-state index is 13.0. The van der Waals surface area contributed by atoms with Gasteiger partial charge in [0.05, 0.1) is 12.3 Å². The molecular formula is C24H27N3O4. The van der Waals surface area contributed by atoms with E-state index in [4.69, 9.17) is 9.47 Å². The molecule has 3 rings (SSSR count). The first-order valence-electron chi connectivity index (χ1n) is 10.1. The SMILES string of the molecule is COCCNC(=O)[C@@H](C)OC(=O)c1cn(-c2ccccc2)nc1-c1ccc(C)c(C)c1. The predicted molar refractivity (Wildman–Crippen MR) is 118 cm³/mol. The van der Waals surface area contributed by atoms with Crippen molar-refractivity contribution >= 4 is 11.9 Å². The fourth-order valence-electron chi connectivity index (χ4n) is 3.04. The number of rotatable bonds is 8. The van der Waals surface area contributed by atoms with E-state index in [9.17, 15) is 9.59 Å². The summed E-state index contributed by atoms with van der Waals surface area (Å²) >= 11 is 0. The summed E-state index contributed by atoms with van der Waals surface area (Å²) in [6, 6.07) is 15.4. The second kappa shape index (κ2) is 10.0. The molecule has 7 nitrogen and oxygen atoms in total. The number of nitrogens with zero attached hydrogens (tertiary/aromatic N) is 2. The Bertz CT molecular complexity index is 1060. The molecule has 1 N–H and O–H groups in total. The lowest BCUT2D eigenvalue weighted by molar-refractivity contribution is -0.129. The molecule has 1 heterocycles. The van der Waals surface area contributed by atoms with Gasteiger partial charge in [0.2, 0.25) is 0 Å². The number of hydrogen-bond donors (Lipinski definition) is 1. The fourth-order valence-corrected chi connectivity index (χ4v) is 3.04. The lowest BCUT2D eigenvalue weighted by Gasteiger charge is -2.13. The van der Waals surface area contributed by atoms with E-state index in [-0.39, 0.29) is 5.91 Å². The summed E-state index contributed by atoms with van der Waals surface area (Å²) < 4.78 is 12.0. The Balaban J connectivity index is 1.92. The molecule has 0 saturated carbocycles. The highest BCUT2D eigenvalue weighted by atomic mass is 16.5. The second-order valence-corrected chi connectivity index (χ2v) is 7.30. The van der Waals surface area contributed by atoms with Crippen LogP contribution in [0.1, 0.15) is 28.4 Å². The van der Waals surface area contributed by atoms with Crippen molar-refractivity contribution in [3.8, 4) is 16.9 Å². The molecule has 0 bridgehead atoms. The molecule has 0 aliphatic rings. The Labute approximate surface area is 182 Å². The van der Waals surface area contributed by atoms with Gasteiger partial charge in [-0.2, -0.15) is 5.10 Å². The molecule has 2 aromatic carbocycles. The number of aromatic nitrogens is 2. The summed E-state index contributed by atoms with van der Waals surface area (Å²) in [6.07, 6.45) is 0.689. The van der Waals surface area contributed by atoms with Crippen LogP contribution in [0.2, 0.25) is 0 Å². The van der Waals surface area contributed by atoms with Gasteiger partial charge in [0, 0.05) is 25.4 Å². The van der Waals surface area contributed by atoms with Crippen LogP contribution < -0.4 is 5.32 Å². The summed E-state index contributed by atoms with van der Waals surface area (Å²) in [5.74, 6) is -0.988. The minimum atomic E-state index is -0.947. The number of carbonyl (C=O) groups is 2. The number of benzene rings is 2. The second-order valence-electron chi connectivity index (χ2n) is 7.30. The minimum Gasteiger partial charge on any atom is -0.449 e. The zero-order chi connectivity index (χ0) is 22.4. The number of methoxy groups -OCH3 is 1. The minimum absolute atomic E-state index is 0.295. The van der Waals surface area contributed by atoms with E-state index < -0.39 is 12.1 Å². The number of ether oxygens (including phenoxy) is 2. The average Bonchev–Trinajstić information content (AvgIpc) is 3.22. The van der Waals surface area contributed by atoms with Crippen LogP contribution >= 0.6 is 0 Å². The van der Waals surface area contributed by atoms with Gasteiger partial charge in [-0.3, -0.25) is 4.79 Å². The molecule has 31 heavy (non-hydrogen) atoms. The number of aryl methyl sites for hydroxylation is 2. The molecule has 1 atom stereocenters. The highest BCUT2D eigenvalue weighted by molar-refractivity contribution is 5.97. The third-order valence-corrected chi connectivity index (χ3v) is 4.99. The van der Waals surface area contributed by atoms with Crippen molar-refractivity contribution in [2.75, 3.05) is 20.3 Å². The highest BCUT2D eigenvalue weighted by Gasteiger charge is 2.24. The summed E-state index contributed by atoms with van der Waals surface area (Å²) in [5.41, 5.74) is 4.67. The van der Waals surface area contributed by atoms with Crippen LogP contribution in [0.5, 0.6) is 0 Å². The van der Waals surface area contributed by atoms with Gasteiger partial charge in [-0.1, -0.05) is 30.3 Å². The molecule has 1 amide bonds. The van der Waals surface area contributed by atoms with Crippen molar-refractivity contribution in [3.63, 3.8) is 0 Å². The Kier molecular flexibility index (Phi) is 7.20. The lowest BCUT2D eigenvalue weighted by atomic mass is 10.0. The van der Waals surface area contributed by atoms with Crippen LogP contribution in [0.3, 0.4) is 0 Å². The summed E-state index contributed by atoms with van der Waals surface area (Å²) in [6.45, 7) is 6.31. The van der Waals surface area contributed by atoms with Crippen LogP contribution in [0.4, 0.5) is 0 Å². The Hall–Kier alpha value is -3.45. The van der Waals surface area contributed by atoms with Crippen LogP contribution in [0.25, 0.3) is 16.9 Å². The third-order valence-electron chi connectivity index (χ3n) is 4.99. The predicted octanol–water partition coefficient (Wildman–Crippen LogP) is 3.46. The lowest BCUT2D eigenvalue weighted by Crippen LogP contribution is -2.37. The van der Waals surface area contributed by atoms with Gasteiger partial charge in [-0.15, -0.1) is 0 Å². The first-order valence-corrected chi connectivity index (χ1v) is 10.1. The number of carbonyl (C=O) groups excluding carboxylic acids is 2. The van der Waals surface area contributed by atoms with Gasteiger partial charge in [0.15, 0.2) is 6.10 Å². The number of nitrogens with one attached hydrogen (secondary N) is 1. The van der Waals surface area contributed by atoms with Crippen molar-refractivity contribution in [1.82, 2.24) is 15.1 Å².